The van der Waals surface area contributed by atoms with Crippen LogP contribution in [0.3, 0.4) is 0 Å². The van der Waals surface area contributed by atoms with E-state index >= 15 is 0 Å². The molecule has 0 saturated carbocycles. The minimum atomic E-state index is 0. The molecule has 0 aromatic rings. The topological polar surface area (TPSA) is 76.8 Å². The van der Waals surface area contributed by atoms with Crippen LogP contribution in [0.1, 0.15) is 62.8 Å². The Morgan fingerprint density at radius 1 is 0.600 bits per heavy atom. The van der Waals surface area contributed by atoms with Crippen molar-refractivity contribution in [3.8, 4) is 0 Å². The Labute approximate surface area is 98.8 Å². The second kappa shape index (κ2) is 2090. The third kappa shape index (κ3) is 1380. The average Bonchev–Trinajstić information content (AvgIpc) is 2.31. The molecule has 0 aliphatic heterocycles. The first-order chi connectivity index (χ1) is 6.83. The summed E-state index contributed by atoms with van der Waals surface area (Å²) in [5, 5.41) is 5.50. The van der Waals surface area contributed by atoms with E-state index in [1.54, 1.807) is 0 Å². The zero-order valence-corrected chi connectivity index (χ0v) is 11.5. The highest BCUT2D eigenvalue weighted by atomic mass is 15.1. The summed E-state index contributed by atoms with van der Waals surface area (Å²) in [6.45, 7) is 21.8. The Morgan fingerprint density at radius 3 is 0.600 bits per heavy atom. The fourth-order valence-electron chi connectivity index (χ4n) is 0. The van der Waals surface area contributed by atoms with Crippen molar-refractivity contribution in [1.82, 2.24) is 0 Å². The zero-order valence-electron chi connectivity index (χ0n) is 11.5. The maximum absolute atomic E-state index is 4.36. The number of hydrogen-bond acceptors (Lipinski definition) is 4. The lowest BCUT2D eigenvalue weighted by Crippen LogP contribution is -1.68. The Kier molecular flexibility index (Phi) is 6750. The van der Waals surface area contributed by atoms with Crippen molar-refractivity contribution in [2.45, 2.75) is 62.8 Å². The summed E-state index contributed by atoms with van der Waals surface area (Å²) in [6, 6.07) is 0. The summed E-state index contributed by atoms with van der Waals surface area (Å²) in [5.41, 5.74) is 0. The standard InChI is InChI=1S/4C2H6.2CH4N2.CH4/c4*1-2;2*1-3-2;/h4*1-2H3;2*1-2H2;1H4. The van der Waals surface area contributed by atoms with E-state index in [-0.39, 0.29) is 7.43 Å². The number of hydrogen-bond donors (Lipinski definition) is 2. The van der Waals surface area contributed by atoms with Crippen LogP contribution in [0.15, 0.2) is 10.2 Å². The molecule has 0 heterocycles. The Morgan fingerprint density at radius 2 is 0.600 bits per heavy atom. The molecule has 0 radical (unpaired) electrons. The molecule has 0 aromatic carbocycles. The van der Waals surface area contributed by atoms with Crippen LogP contribution in [0, 0.1) is 0 Å². The summed E-state index contributed by atoms with van der Waals surface area (Å²) in [6.07, 6.45) is 0. The van der Waals surface area contributed by atoms with Crippen LogP contribution >= 0.6 is 0 Å². The van der Waals surface area contributed by atoms with E-state index in [2.05, 4.69) is 35.3 Å². The van der Waals surface area contributed by atoms with Gasteiger partial charge in [0.15, 0.2) is 0 Å². The van der Waals surface area contributed by atoms with Crippen molar-refractivity contribution in [2.75, 3.05) is 0 Å². The average molecular weight is 224 g/mol. The highest BCUT2D eigenvalue weighted by Gasteiger charge is 1.03. The first-order valence-corrected chi connectivity index (χ1v) is 5.15. The number of hydrazone groups is 2. The van der Waals surface area contributed by atoms with E-state index in [9.17, 15) is 0 Å². The minimum Gasteiger partial charge on any atom is -0.324 e. The van der Waals surface area contributed by atoms with Crippen molar-refractivity contribution < 1.29 is 0 Å². The van der Waals surface area contributed by atoms with Gasteiger partial charge in [-0.1, -0.05) is 62.8 Å². The molecule has 0 aliphatic rings. The van der Waals surface area contributed by atoms with Crippen molar-refractivity contribution in [3.05, 3.63) is 0 Å². The molecule has 4 heteroatoms. The number of nitrogens with two attached hydrogens (primary N) is 2. The fraction of sp³-hybridized carbons (Fsp3) is 0.818. The lowest BCUT2D eigenvalue weighted by Gasteiger charge is -1.44. The van der Waals surface area contributed by atoms with Gasteiger partial charge in [-0.2, -0.15) is 10.2 Å². The third-order valence-corrected chi connectivity index (χ3v) is 0. The van der Waals surface area contributed by atoms with Gasteiger partial charge in [0.1, 0.15) is 0 Å². The van der Waals surface area contributed by atoms with Gasteiger partial charge in [-0.25, -0.2) is 0 Å². The SMILES string of the molecule is C.C=NN.C=NN.CC.CC.CC.CC. The number of rotatable bonds is 0. The van der Waals surface area contributed by atoms with Crippen molar-refractivity contribution in [2.24, 2.45) is 21.9 Å². The van der Waals surface area contributed by atoms with Gasteiger partial charge in [-0.05, 0) is 0 Å². The van der Waals surface area contributed by atoms with Crippen molar-refractivity contribution in [3.63, 3.8) is 0 Å². The summed E-state index contributed by atoms with van der Waals surface area (Å²) >= 11 is 0. The highest BCUT2D eigenvalue weighted by Crippen LogP contribution is 1.15. The zero-order chi connectivity index (χ0) is 13.4. The second-order valence-corrected chi connectivity index (χ2v) is 0.365. The number of nitrogens with zero attached hydrogens (tertiary/aromatic N) is 2. The molecule has 0 rings (SSSR count). The van der Waals surface area contributed by atoms with Crippen LogP contribution in [-0.2, 0) is 0 Å². The first kappa shape index (κ1) is 48.5. The van der Waals surface area contributed by atoms with Gasteiger partial charge in [0, 0.05) is 13.4 Å². The smallest absolute Gasteiger partial charge is 0.0102 e. The van der Waals surface area contributed by atoms with Crippen molar-refractivity contribution >= 4 is 13.4 Å². The molecule has 0 unspecified atom stereocenters. The van der Waals surface area contributed by atoms with Crippen LogP contribution in [0.4, 0.5) is 0 Å². The van der Waals surface area contributed by atoms with Gasteiger partial charge >= 0.3 is 0 Å². The van der Waals surface area contributed by atoms with E-state index < -0.39 is 0 Å². The molecular weight excluding hydrogens is 188 g/mol. The fourth-order valence-corrected chi connectivity index (χ4v) is 0. The monoisotopic (exact) mass is 224 g/mol. The molecule has 0 spiro atoms. The first-order valence-electron chi connectivity index (χ1n) is 5.15. The Balaban J connectivity index is -0.0000000103. The predicted molar refractivity (Wildman–Crippen MR) is 79.6 cm³/mol. The van der Waals surface area contributed by atoms with Crippen LogP contribution < -0.4 is 11.7 Å². The molecule has 15 heavy (non-hydrogen) atoms. The van der Waals surface area contributed by atoms with Gasteiger partial charge < -0.3 is 11.7 Å². The van der Waals surface area contributed by atoms with Crippen LogP contribution in [0.25, 0.3) is 0 Å². The van der Waals surface area contributed by atoms with Crippen LogP contribution in [-0.4, -0.2) is 13.4 Å². The normalized spacial score (nSPS) is 3.20. The van der Waals surface area contributed by atoms with Gasteiger partial charge in [0.05, 0.1) is 0 Å². The van der Waals surface area contributed by atoms with E-state index in [0.717, 1.165) is 0 Å². The van der Waals surface area contributed by atoms with E-state index in [1.807, 2.05) is 55.4 Å². The maximum Gasteiger partial charge on any atom is 0.0102 e. The van der Waals surface area contributed by atoms with Crippen molar-refractivity contribution in [1.29, 1.82) is 0 Å². The molecule has 0 atom stereocenters. The lowest BCUT2D eigenvalue weighted by molar-refractivity contribution is 1.28. The summed E-state index contributed by atoms with van der Waals surface area (Å²) in [7, 11) is 0. The highest BCUT2D eigenvalue weighted by molar-refractivity contribution is 5.21. The second-order valence-electron chi connectivity index (χ2n) is 0.365. The molecule has 0 bridgehead atoms. The lowest BCUT2D eigenvalue weighted by atomic mass is 11.0. The molecular formula is C11H36N4. The van der Waals surface area contributed by atoms with Gasteiger partial charge in [0.25, 0.3) is 0 Å². The minimum absolute atomic E-state index is 0. The maximum atomic E-state index is 4.36. The quantitative estimate of drug-likeness (QED) is 0.372. The predicted octanol–water partition coefficient (Wildman–Crippen LogP) is 3.86. The molecule has 4 nitrogen and oxygen atoms in total. The Bertz CT molecular complexity index is 33.6. The molecule has 0 amide bonds. The summed E-state index contributed by atoms with van der Waals surface area (Å²) < 4.78 is 0. The Hall–Kier alpha value is -1.06. The third-order valence-electron chi connectivity index (χ3n) is 0. The molecule has 0 saturated heterocycles. The molecule has 4 N–H and O–H groups in total. The summed E-state index contributed by atoms with van der Waals surface area (Å²) in [5.74, 6) is 8.72. The van der Waals surface area contributed by atoms with Gasteiger partial charge in [-0.15, -0.1) is 0 Å². The van der Waals surface area contributed by atoms with Gasteiger partial charge in [0.2, 0.25) is 0 Å². The molecule has 0 fully saturated rings. The molecule has 100 valence electrons. The van der Waals surface area contributed by atoms with Gasteiger partial charge in [-0.3, -0.25) is 0 Å². The molecule has 0 aromatic heterocycles. The largest absolute Gasteiger partial charge is 0.324 e. The van der Waals surface area contributed by atoms with Crippen LogP contribution in [0.2, 0.25) is 0 Å². The van der Waals surface area contributed by atoms with E-state index in [4.69, 9.17) is 0 Å². The van der Waals surface area contributed by atoms with Crippen LogP contribution in [0.5, 0.6) is 0 Å². The summed E-state index contributed by atoms with van der Waals surface area (Å²) in [4.78, 5) is 0. The van der Waals surface area contributed by atoms with E-state index in [1.165, 1.54) is 0 Å². The van der Waals surface area contributed by atoms with E-state index in [0.29, 0.717) is 0 Å². The molecule has 0 aliphatic carbocycles.